The first-order valence-corrected chi connectivity index (χ1v) is 6.48. The standard InChI is InChI=1S/C11H12ClNOS/c1-9(6-13)7-15(14)8-10-4-2-3-5-11(10)12/h2-5,9H,7-8H2,1H3. The van der Waals surface area contributed by atoms with E-state index in [1.165, 1.54) is 0 Å². The zero-order valence-corrected chi connectivity index (χ0v) is 10.0. The second-order valence-corrected chi connectivity index (χ2v) is 5.28. The molecule has 0 N–H and O–H groups in total. The minimum absolute atomic E-state index is 0.173. The molecule has 0 saturated carbocycles. The fourth-order valence-electron chi connectivity index (χ4n) is 1.16. The number of benzene rings is 1. The van der Waals surface area contributed by atoms with Gasteiger partial charge in [0.25, 0.3) is 0 Å². The number of nitrogens with zero attached hydrogens (tertiary/aromatic N) is 1. The van der Waals surface area contributed by atoms with E-state index in [9.17, 15) is 4.21 Å². The lowest BCUT2D eigenvalue weighted by Crippen LogP contribution is -2.08. The smallest absolute Gasteiger partial charge is 0.0662 e. The van der Waals surface area contributed by atoms with Gasteiger partial charge in [0.1, 0.15) is 0 Å². The van der Waals surface area contributed by atoms with Crippen molar-refractivity contribution in [2.75, 3.05) is 5.75 Å². The summed E-state index contributed by atoms with van der Waals surface area (Å²) in [7, 11) is -1.02. The quantitative estimate of drug-likeness (QED) is 0.813. The maximum Gasteiger partial charge on any atom is 0.0662 e. The van der Waals surface area contributed by atoms with E-state index < -0.39 is 10.8 Å². The summed E-state index contributed by atoms with van der Waals surface area (Å²) in [5, 5.41) is 9.23. The summed E-state index contributed by atoms with van der Waals surface area (Å²) < 4.78 is 11.6. The molecule has 80 valence electrons. The molecule has 0 heterocycles. The van der Waals surface area contributed by atoms with Crippen LogP contribution in [0.1, 0.15) is 12.5 Å². The van der Waals surface area contributed by atoms with Crippen molar-refractivity contribution in [1.82, 2.24) is 0 Å². The predicted octanol–water partition coefficient (Wildman–Crippen LogP) is 2.75. The van der Waals surface area contributed by atoms with Gasteiger partial charge in [0.15, 0.2) is 0 Å². The summed E-state index contributed by atoms with van der Waals surface area (Å²) in [4.78, 5) is 0. The lowest BCUT2D eigenvalue weighted by Gasteiger charge is -2.05. The molecule has 0 spiro atoms. The van der Waals surface area contributed by atoms with Crippen LogP contribution in [-0.4, -0.2) is 9.96 Å². The van der Waals surface area contributed by atoms with Crippen LogP contribution in [0.4, 0.5) is 0 Å². The molecule has 0 aliphatic carbocycles. The van der Waals surface area contributed by atoms with Gasteiger partial charge in [-0.15, -0.1) is 0 Å². The molecule has 2 unspecified atom stereocenters. The molecule has 2 nitrogen and oxygen atoms in total. The SMILES string of the molecule is CC(C#N)CS(=O)Cc1ccccc1Cl. The fraction of sp³-hybridized carbons (Fsp3) is 0.364. The van der Waals surface area contributed by atoms with Crippen LogP contribution >= 0.6 is 11.6 Å². The fourth-order valence-corrected chi connectivity index (χ4v) is 2.79. The molecule has 1 aromatic rings. The Morgan fingerprint density at radius 2 is 2.20 bits per heavy atom. The number of halogens is 1. The van der Waals surface area contributed by atoms with Gasteiger partial charge in [-0.25, -0.2) is 0 Å². The third kappa shape index (κ3) is 4.03. The summed E-state index contributed by atoms with van der Waals surface area (Å²) >= 11 is 5.94. The minimum atomic E-state index is -1.02. The summed E-state index contributed by atoms with van der Waals surface area (Å²) in [6, 6.07) is 9.42. The van der Waals surface area contributed by atoms with Crippen molar-refractivity contribution in [3.63, 3.8) is 0 Å². The second-order valence-electron chi connectivity index (χ2n) is 3.37. The van der Waals surface area contributed by atoms with Crippen LogP contribution in [0.15, 0.2) is 24.3 Å². The zero-order chi connectivity index (χ0) is 11.3. The van der Waals surface area contributed by atoms with E-state index in [1.807, 2.05) is 18.2 Å². The van der Waals surface area contributed by atoms with E-state index >= 15 is 0 Å². The van der Waals surface area contributed by atoms with Gasteiger partial charge in [0, 0.05) is 21.6 Å². The molecule has 0 saturated heterocycles. The molecule has 0 bridgehead atoms. The molecular weight excluding hydrogens is 230 g/mol. The van der Waals surface area contributed by atoms with Crippen molar-refractivity contribution >= 4 is 22.4 Å². The molecule has 0 fully saturated rings. The van der Waals surface area contributed by atoms with Gasteiger partial charge in [-0.1, -0.05) is 29.8 Å². The molecule has 15 heavy (non-hydrogen) atoms. The van der Waals surface area contributed by atoms with Crippen molar-refractivity contribution < 1.29 is 4.21 Å². The van der Waals surface area contributed by atoms with Crippen LogP contribution in [-0.2, 0) is 16.6 Å². The third-order valence-corrected chi connectivity index (χ3v) is 3.80. The highest BCUT2D eigenvalue weighted by molar-refractivity contribution is 7.84. The summed E-state index contributed by atoms with van der Waals surface area (Å²) in [6.45, 7) is 1.77. The number of rotatable bonds is 4. The largest absolute Gasteiger partial charge is 0.259 e. The lowest BCUT2D eigenvalue weighted by atomic mass is 10.2. The molecule has 2 atom stereocenters. The van der Waals surface area contributed by atoms with Gasteiger partial charge < -0.3 is 0 Å². The second kappa shape index (κ2) is 5.89. The Kier molecular flexibility index (Phi) is 4.80. The number of hydrogen-bond donors (Lipinski definition) is 0. The average Bonchev–Trinajstić information content (AvgIpc) is 2.21. The molecule has 1 rings (SSSR count). The first kappa shape index (κ1) is 12.2. The molecular formula is C11H12ClNOS. The van der Waals surface area contributed by atoms with Gasteiger partial charge in [0.05, 0.1) is 17.7 Å². The van der Waals surface area contributed by atoms with Gasteiger partial charge in [-0.2, -0.15) is 5.26 Å². The Balaban J connectivity index is 2.60. The zero-order valence-electron chi connectivity index (χ0n) is 8.44. The maximum absolute atomic E-state index is 11.6. The van der Waals surface area contributed by atoms with Crippen LogP contribution in [0, 0.1) is 17.2 Å². The normalized spacial score (nSPS) is 14.2. The van der Waals surface area contributed by atoms with Crippen molar-refractivity contribution in [2.45, 2.75) is 12.7 Å². The van der Waals surface area contributed by atoms with Crippen molar-refractivity contribution in [3.05, 3.63) is 34.9 Å². The molecule has 0 radical (unpaired) electrons. The maximum atomic E-state index is 11.6. The highest BCUT2D eigenvalue weighted by Gasteiger charge is 2.09. The van der Waals surface area contributed by atoms with E-state index in [0.717, 1.165) is 5.56 Å². The first-order valence-electron chi connectivity index (χ1n) is 4.61. The van der Waals surface area contributed by atoms with Gasteiger partial charge in [-0.05, 0) is 18.6 Å². The Hall–Kier alpha value is -0.850. The highest BCUT2D eigenvalue weighted by Crippen LogP contribution is 2.17. The molecule has 0 aliphatic heterocycles. The Morgan fingerprint density at radius 3 is 2.80 bits per heavy atom. The van der Waals surface area contributed by atoms with Crippen LogP contribution in [0.2, 0.25) is 5.02 Å². The van der Waals surface area contributed by atoms with E-state index in [2.05, 4.69) is 6.07 Å². The van der Waals surface area contributed by atoms with Crippen LogP contribution in [0.5, 0.6) is 0 Å². The predicted molar refractivity (Wildman–Crippen MR) is 62.9 cm³/mol. The van der Waals surface area contributed by atoms with Crippen molar-refractivity contribution in [2.24, 2.45) is 5.92 Å². The summed E-state index contributed by atoms with van der Waals surface area (Å²) in [5.74, 6) is 0.654. The molecule has 0 amide bonds. The van der Waals surface area contributed by atoms with Crippen LogP contribution in [0.25, 0.3) is 0 Å². The van der Waals surface area contributed by atoms with Gasteiger partial charge >= 0.3 is 0 Å². The van der Waals surface area contributed by atoms with Gasteiger partial charge in [0.2, 0.25) is 0 Å². The van der Waals surface area contributed by atoms with E-state index in [0.29, 0.717) is 16.5 Å². The highest BCUT2D eigenvalue weighted by atomic mass is 35.5. The Morgan fingerprint density at radius 1 is 1.53 bits per heavy atom. The molecule has 4 heteroatoms. The number of nitriles is 1. The van der Waals surface area contributed by atoms with E-state index in [4.69, 9.17) is 16.9 Å². The third-order valence-electron chi connectivity index (χ3n) is 1.93. The Labute approximate surface area is 97.3 Å². The average molecular weight is 242 g/mol. The van der Waals surface area contributed by atoms with Crippen molar-refractivity contribution in [1.29, 1.82) is 5.26 Å². The van der Waals surface area contributed by atoms with Crippen LogP contribution in [0.3, 0.4) is 0 Å². The Bertz CT molecular complexity index is 400. The number of hydrogen-bond acceptors (Lipinski definition) is 2. The van der Waals surface area contributed by atoms with Crippen LogP contribution < -0.4 is 0 Å². The van der Waals surface area contributed by atoms with E-state index in [1.54, 1.807) is 13.0 Å². The molecule has 0 aliphatic rings. The van der Waals surface area contributed by atoms with Crippen molar-refractivity contribution in [3.8, 4) is 6.07 Å². The van der Waals surface area contributed by atoms with Gasteiger partial charge in [-0.3, -0.25) is 4.21 Å². The minimum Gasteiger partial charge on any atom is -0.259 e. The monoisotopic (exact) mass is 241 g/mol. The molecule has 0 aromatic heterocycles. The first-order chi connectivity index (χ1) is 7.13. The molecule has 1 aromatic carbocycles. The summed E-state index contributed by atoms with van der Waals surface area (Å²) in [5.41, 5.74) is 0.877. The summed E-state index contributed by atoms with van der Waals surface area (Å²) in [6.07, 6.45) is 0. The lowest BCUT2D eigenvalue weighted by molar-refractivity contribution is 0.675. The van der Waals surface area contributed by atoms with E-state index in [-0.39, 0.29) is 5.92 Å². The topological polar surface area (TPSA) is 40.9 Å².